The molecule has 1 aromatic carbocycles. The second-order valence-electron chi connectivity index (χ2n) is 9.02. The molecular weight excluding hydrogens is 350 g/mol. The van der Waals surface area contributed by atoms with Gasteiger partial charge in [-0.25, -0.2) is 0 Å². The molecule has 0 unspecified atom stereocenters. The molecule has 5 nitrogen and oxygen atoms in total. The van der Waals surface area contributed by atoms with Gasteiger partial charge < -0.3 is 14.5 Å². The third kappa shape index (κ3) is 4.20. The van der Waals surface area contributed by atoms with Gasteiger partial charge in [0.1, 0.15) is 0 Å². The van der Waals surface area contributed by atoms with E-state index in [0.29, 0.717) is 11.9 Å². The topological polar surface area (TPSA) is 36.0 Å². The standard InChI is InChI=1S/C23H35N3O2/c1-19(2)22(27)26-11-9-23(10-12-26)18-21(8-17-28-23)25-15-13-24(14-16-25)20-6-4-3-5-7-20/h3-7,19,21H,8-18H2,1-2H3/t21-/m1/s1. The third-order valence-electron chi connectivity index (χ3n) is 6.90. The molecule has 28 heavy (non-hydrogen) atoms. The van der Waals surface area contributed by atoms with Crippen molar-refractivity contribution in [2.24, 2.45) is 5.92 Å². The Labute approximate surface area is 169 Å². The minimum absolute atomic E-state index is 0.00671. The van der Waals surface area contributed by atoms with Gasteiger partial charge in [0.25, 0.3) is 0 Å². The molecule has 1 aromatic rings. The number of carbonyl (C=O) groups excluding carboxylic acids is 1. The SMILES string of the molecule is CC(C)C(=O)N1CCC2(CC1)C[C@H](N1CCN(c3ccccc3)CC1)CCO2. The molecule has 1 atom stereocenters. The molecule has 0 aliphatic carbocycles. The van der Waals surface area contributed by atoms with Gasteiger partial charge in [0.15, 0.2) is 0 Å². The zero-order valence-electron chi connectivity index (χ0n) is 17.5. The first-order valence-electron chi connectivity index (χ1n) is 11.0. The predicted octanol–water partition coefficient (Wildman–Crippen LogP) is 3.00. The van der Waals surface area contributed by atoms with E-state index in [1.165, 1.54) is 5.69 Å². The van der Waals surface area contributed by atoms with Gasteiger partial charge in [-0.2, -0.15) is 0 Å². The number of anilines is 1. The minimum Gasteiger partial charge on any atom is -0.375 e. The summed E-state index contributed by atoms with van der Waals surface area (Å²) in [5, 5.41) is 0. The fourth-order valence-electron chi connectivity index (χ4n) is 5.15. The number of likely N-dealkylation sites (tertiary alicyclic amines) is 1. The lowest BCUT2D eigenvalue weighted by Crippen LogP contribution is -2.57. The van der Waals surface area contributed by atoms with Crippen LogP contribution in [0.4, 0.5) is 5.69 Å². The quantitative estimate of drug-likeness (QED) is 0.801. The fourth-order valence-corrected chi connectivity index (χ4v) is 5.15. The summed E-state index contributed by atoms with van der Waals surface area (Å²) < 4.78 is 6.33. The molecule has 5 heteroatoms. The van der Waals surface area contributed by atoms with E-state index < -0.39 is 0 Å². The molecule has 3 fully saturated rings. The number of para-hydroxylation sites is 1. The van der Waals surface area contributed by atoms with Crippen molar-refractivity contribution in [2.75, 3.05) is 50.8 Å². The van der Waals surface area contributed by atoms with Crippen molar-refractivity contribution in [1.82, 2.24) is 9.80 Å². The van der Waals surface area contributed by atoms with E-state index >= 15 is 0 Å². The van der Waals surface area contributed by atoms with Crippen LogP contribution in [-0.4, -0.2) is 73.2 Å². The van der Waals surface area contributed by atoms with Crippen LogP contribution < -0.4 is 4.90 Å². The zero-order chi connectivity index (χ0) is 19.6. The molecule has 3 aliphatic heterocycles. The van der Waals surface area contributed by atoms with Crippen LogP contribution >= 0.6 is 0 Å². The van der Waals surface area contributed by atoms with Crippen molar-refractivity contribution in [3.05, 3.63) is 30.3 Å². The lowest BCUT2D eigenvalue weighted by atomic mass is 9.81. The van der Waals surface area contributed by atoms with E-state index in [9.17, 15) is 4.79 Å². The Morgan fingerprint density at radius 1 is 1.04 bits per heavy atom. The van der Waals surface area contributed by atoms with Gasteiger partial charge in [-0.05, 0) is 37.8 Å². The van der Waals surface area contributed by atoms with E-state index in [0.717, 1.165) is 71.6 Å². The van der Waals surface area contributed by atoms with Crippen molar-refractivity contribution in [3.8, 4) is 0 Å². The third-order valence-corrected chi connectivity index (χ3v) is 6.90. The Bertz CT molecular complexity index is 647. The van der Waals surface area contributed by atoms with E-state index in [1.807, 2.05) is 18.7 Å². The number of ether oxygens (including phenoxy) is 1. The highest BCUT2D eigenvalue weighted by Gasteiger charge is 2.43. The maximum Gasteiger partial charge on any atom is 0.225 e. The molecule has 3 heterocycles. The number of amides is 1. The molecule has 1 amide bonds. The van der Waals surface area contributed by atoms with Crippen LogP contribution in [0, 0.1) is 5.92 Å². The van der Waals surface area contributed by atoms with Gasteiger partial charge in [0.05, 0.1) is 5.60 Å². The molecule has 0 bridgehead atoms. The van der Waals surface area contributed by atoms with E-state index in [2.05, 4.69) is 40.1 Å². The molecule has 4 rings (SSSR count). The van der Waals surface area contributed by atoms with E-state index in [4.69, 9.17) is 4.74 Å². The Kier molecular flexibility index (Phi) is 5.93. The van der Waals surface area contributed by atoms with Gasteiger partial charge in [-0.3, -0.25) is 9.69 Å². The number of piperazine rings is 1. The molecule has 0 saturated carbocycles. The smallest absolute Gasteiger partial charge is 0.225 e. The lowest BCUT2D eigenvalue weighted by molar-refractivity contribution is -0.151. The van der Waals surface area contributed by atoms with Crippen LogP contribution in [0.25, 0.3) is 0 Å². The van der Waals surface area contributed by atoms with Crippen molar-refractivity contribution in [3.63, 3.8) is 0 Å². The number of carbonyl (C=O) groups is 1. The molecule has 0 radical (unpaired) electrons. The molecule has 3 aliphatic rings. The molecule has 1 spiro atoms. The fraction of sp³-hybridized carbons (Fsp3) is 0.696. The van der Waals surface area contributed by atoms with Gasteiger partial charge >= 0.3 is 0 Å². The van der Waals surface area contributed by atoms with Crippen molar-refractivity contribution in [2.45, 2.75) is 51.2 Å². The zero-order valence-corrected chi connectivity index (χ0v) is 17.5. The summed E-state index contributed by atoms with van der Waals surface area (Å²) in [7, 11) is 0. The maximum atomic E-state index is 12.3. The average Bonchev–Trinajstić information content (AvgIpc) is 2.75. The van der Waals surface area contributed by atoms with Gasteiger partial charge in [0.2, 0.25) is 5.91 Å². The first-order valence-corrected chi connectivity index (χ1v) is 11.0. The van der Waals surface area contributed by atoms with Crippen molar-refractivity contribution in [1.29, 1.82) is 0 Å². The van der Waals surface area contributed by atoms with Crippen LogP contribution in [-0.2, 0) is 9.53 Å². The summed E-state index contributed by atoms with van der Waals surface area (Å²) in [5.41, 5.74) is 1.33. The normalized spacial score (nSPS) is 26.0. The van der Waals surface area contributed by atoms with Gasteiger partial charge in [-0.15, -0.1) is 0 Å². The maximum absolute atomic E-state index is 12.3. The number of hydrogen-bond donors (Lipinski definition) is 0. The Morgan fingerprint density at radius 2 is 1.71 bits per heavy atom. The lowest BCUT2D eigenvalue weighted by Gasteiger charge is -2.50. The molecule has 0 N–H and O–H groups in total. The van der Waals surface area contributed by atoms with Gasteiger partial charge in [0, 0.05) is 63.5 Å². The second kappa shape index (κ2) is 8.42. The summed E-state index contributed by atoms with van der Waals surface area (Å²) in [5.74, 6) is 0.384. The number of nitrogens with zero attached hydrogens (tertiary/aromatic N) is 3. The second-order valence-corrected chi connectivity index (χ2v) is 9.02. The molecular formula is C23H35N3O2. The monoisotopic (exact) mass is 385 g/mol. The molecule has 0 aromatic heterocycles. The predicted molar refractivity (Wildman–Crippen MR) is 113 cm³/mol. The highest BCUT2D eigenvalue weighted by molar-refractivity contribution is 5.78. The van der Waals surface area contributed by atoms with E-state index in [1.54, 1.807) is 0 Å². The van der Waals surface area contributed by atoms with Crippen LogP contribution in [0.1, 0.15) is 39.5 Å². The summed E-state index contributed by atoms with van der Waals surface area (Å²) in [6.07, 6.45) is 4.25. The van der Waals surface area contributed by atoms with Crippen LogP contribution in [0.3, 0.4) is 0 Å². The summed E-state index contributed by atoms with van der Waals surface area (Å²) in [6, 6.07) is 11.4. The summed E-state index contributed by atoms with van der Waals surface area (Å²) in [6.45, 7) is 11.0. The van der Waals surface area contributed by atoms with Crippen LogP contribution in [0.2, 0.25) is 0 Å². The van der Waals surface area contributed by atoms with Crippen LogP contribution in [0.15, 0.2) is 30.3 Å². The Morgan fingerprint density at radius 3 is 2.36 bits per heavy atom. The number of piperidine rings is 1. The van der Waals surface area contributed by atoms with E-state index in [-0.39, 0.29) is 11.5 Å². The largest absolute Gasteiger partial charge is 0.375 e. The average molecular weight is 386 g/mol. The summed E-state index contributed by atoms with van der Waals surface area (Å²) >= 11 is 0. The van der Waals surface area contributed by atoms with Gasteiger partial charge in [-0.1, -0.05) is 32.0 Å². The first kappa shape index (κ1) is 19.7. The summed E-state index contributed by atoms with van der Waals surface area (Å²) in [4.78, 5) is 19.5. The van der Waals surface area contributed by atoms with Crippen molar-refractivity contribution >= 4 is 11.6 Å². The molecule has 3 saturated heterocycles. The van der Waals surface area contributed by atoms with Crippen LogP contribution in [0.5, 0.6) is 0 Å². The Hall–Kier alpha value is -1.59. The minimum atomic E-state index is -0.00671. The molecule has 154 valence electrons. The number of benzene rings is 1. The first-order chi connectivity index (χ1) is 13.6. The number of rotatable bonds is 3. The number of hydrogen-bond acceptors (Lipinski definition) is 4. The Balaban J connectivity index is 1.31. The van der Waals surface area contributed by atoms with Crippen molar-refractivity contribution < 1.29 is 9.53 Å². The highest BCUT2D eigenvalue weighted by Crippen LogP contribution is 2.37. The highest BCUT2D eigenvalue weighted by atomic mass is 16.5.